The lowest BCUT2D eigenvalue weighted by Gasteiger charge is -2.04. The van der Waals surface area contributed by atoms with Crippen LogP contribution >= 0.6 is 0 Å². The van der Waals surface area contributed by atoms with E-state index >= 15 is 0 Å². The molecule has 0 aliphatic carbocycles. The van der Waals surface area contributed by atoms with E-state index in [0.29, 0.717) is 5.82 Å². The van der Waals surface area contributed by atoms with Gasteiger partial charge in [0.2, 0.25) is 11.7 Å². The van der Waals surface area contributed by atoms with E-state index in [0.717, 1.165) is 27.4 Å². The number of tetrazole rings is 1. The molecule has 7 heteroatoms. The lowest BCUT2D eigenvalue weighted by molar-refractivity contribution is -0.118. The average molecular weight is 292 g/mol. The van der Waals surface area contributed by atoms with E-state index in [9.17, 15) is 4.79 Å². The standard InChI is InChI=1S/C15H12N6O/c16-14(22)8-21-12-4-2-1-3-10(12)11-7-9(5-6-13(11)21)15-17-19-20-18-15/h1-7H,8H2,(H2,16,22)(H,17,18,19,20). The number of hydrogen-bond acceptors (Lipinski definition) is 4. The minimum absolute atomic E-state index is 0.144. The monoisotopic (exact) mass is 292 g/mol. The molecule has 0 bridgehead atoms. The van der Waals surface area contributed by atoms with Gasteiger partial charge in [0.25, 0.3) is 0 Å². The van der Waals surface area contributed by atoms with Crippen molar-refractivity contribution in [1.82, 2.24) is 25.2 Å². The number of amides is 1. The second kappa shape index (κ2) is 4.66. The Hall–Kier alpha value is -3.22. The fourth-order valence-corrected chi connectivity index (χ4v) is 2.80. The van der Waals surface area contributed by atoms with E-state index in [2.05, 4.69) is 20.6 Å². The Kier molecular flexibility index (Phi) is 2.65. The van der Waals surface area contributed by atoms with Crippen LogP contribution in [-0.2, 0) is 11.3 Å². The number of fused-ring (bicyclic) bond motifs is 3. The van der Waals surface area contributed by atoms with Gasteiger partial charge >= 0.3 is 0 Å². The summed E-state index contributed by atoms with van der Waals surface area (Å²) in [5.41, 5.74) is 8.17. The average Bonchev–Trinajstić information content (AvgIpc) is 3.15. The van der Waals surface area contributed by atoms with Crippen LogP contribution in [0.3, 0.4) is 0 Å². The van der Waals surface area contributed by atoms with E-state index in [4.69, 9.17) is 5.73 Å². The molecule has 0 atom stereocenters. The number of nitrogens with two attached hydrogens (primary N) is 1. The Bertz CT molecular complexity index is 986. The van der Waals surface area contributed by atoms with E-state index in [1.165, 1.54) is 0 Å². The Morgan fingerprint density at radius 1 is 1.14 bits per heavy atom. The molecular weight excluding hydrogens is 280 g/mol. The summed E-state index contributed by atoms with van der Waals surface area (Å²) < 4.78 is 1.92. The van der Waals surface area contributed by atoms with Gasteiger partial charge in [0.15, 0.2) is 0 Å². The van der Waals surface area contributed by atoms with Gasteiger partial charge in [-0.2, -0.15) is 5.21 Å². The Morgan fingerprint density at radius 3 is 2.73 bits per heavy atom. The van der Waals surface area contributed by atoms with Gasteiger partial charge < -0.3 is 10.3 Å². The molecule has 108 valence electrons. The zero-order valence-electron chi connectivity index (χ0n) is 11.5. The van der Waals surface area contributed by atoms with Gasteiger partial charge in [-0.1, -0.05) is 18.2 Å². The van der Waals surface area contributed by atoms with E-state index < -0.39 is 0 Å². The highest BCUT2D eigenvalue weighted by atomic mass is 16.1. The summed E-state index contributed by atoms with van der Waals surface area (Å²) in [6.07, 6.45) is 0. The Labute approximate surface area is 124 Å². The van der Waals surface area contributed by atoms with Gasteiger partial charge in [0.1, 0.15) is 6.54 Å². The first-order chi connectivity index (χ1) is 10.7. The first-order valence-electron chi connectivity index (χ1n) is 6.77. The molecule has 0 aliphatic heterocycles. The van der Waals surface area contributed by atoms with E-state index in [1.807, 2.05) is 47.0 Å². The van der Waals surface area contributed by atoms with Gasteiger partial charge in [-0.05, 0) is 29.5 Å². The smallest absolute Gasteiger partial charge is 0.237 e. The van der Waals surface area contributed by atoms with Crippen molar-refractivity contribution in [3.63, 3.8) is 0 Å². The Balaban J connectivity index is 2.04. The zero-order valence-corrected chi connectivity index (χ0v) is 11.5. The van der Waals surface area contributed by atoms with Crippen LogP contribution in [0.4, 0.5) is 0 Å². The molecule has 0 saturated heterocycles. The number of nitrogens with zero attached hydrogens (tertiary/aromatic N) is 4. The molecular formula is C15H12N6O. The van der Waals surface area contributed by atoms with Crippen LogP contribution in [0.5, 0.6) is 0 Å². The third kappa shape index (κ3) is 1.83. The molecule has 0 aliphatic rings. The highest BCUT2D eigenvalue weighted by molar-refractivity contribution is 6.09. The number of benzene rings is 2. The largest absolute Gasteiger partial charge is 0.368 e. The fourth-order valence-electron chi connectivity index (χ4n) is 2.80. The molecule has 0 fully saturated rings. The van der Waals surface area contributed by atoms with Gasteiger partial charge in [-0.15, -0.1) is 10.2 Å². The molecule has 22 heavy (non-hydrogen) atoms. The summed E-state index contributed by atoms with van der Waals surface area (Å²) in [5.74, 6) is 0.165. The molecule has 2 aromatic heterocycles. The molecule has 3 N–H and O–H groups in total. The normalized spacial score (nSPS) is 11.3. The van der Waals surface area contributed by atoms with Gasteiger partial charge in [-0.3, -0.25) is 4.79 Å². The summed E-state index contributed by atoms with van der Waals surface area (Å²) >= 11 is 0. The second-order valence-electron chi connectivity index (χ2n) is 5.04. The predicted molar refractivity (Wildman–Crippen MR) is 81.8 cm³/mol. The molecule has 4 rings (SSSR count). The third-order valence-electron chi connectivity index (χ3n) is 3.69. The number of carbonyl (C=O) groups is 1. The molecule has 0 saturated carbocycles. The van der Waals surface area contributed by atoms with Crippen LogP contribution in [0.15, 0.2) is 42.5 Å². The van der Waals surface area contributed by atoms with Crippen LogP contribution in [0.25, 0.3) is 33.2 Å². The van der Waals surface area contributed by atoms with Crippen molar-refractivity contribution in [3.8, 4) is 11.4 Å². The van der Waals surface area contributed by atoms with Crippen molar-refractivity contribution in [2.24, 2.45) is 5.73 Å². The van der Waals surface area contributed by atoms with E-state index in [1.54, 1.807) is 0 Å². The molecule has 4 aromatic rings. The van der Waals surface area contributed by atoms with Crippen molar-refractivity contribution in [2.75, 3.05) is 0 Å². The molecule has 2 aromatic carbocycles. The number of H-pyrrole nitrogens is 1. The van der Waals surface area contributed by atoms with Crippen molar-refractivity contribution in [3.05, 3.63) is 42.5 Å². The SMILES string of the molecule is NC(=O)Cn1c2ccccc2c2cc(-c3nn[nH]n3)ccc21. The topological polar surface area (TPSA) is 102 Å². The second-order valence-corrected chi connectivity index (χ2v) is 5.04. The number of nitrogens with one attached hydrogen (secondary N) is 1. The Morgan fingerprint density at radius 2 is 1.95 bits per heavy atom. The molecule has 0 spiro atoms. The maximum atomic E-state index is 11.4. The summed E-state index contributed by atoms with van der Waals surface area (Å²) in [6, 6.07) is 13.8. The predicted octanol–water partition coefficient (Wildman–Crippen LogP) is 1.46. The maximum Gasteiger partial charge on any atom is 0.237 e. The van der Waals surface area contributed by atoms with Crippen molar-refractivity contribution in [2.45, 2.75) is 6.54 Å². The lowest BCUT2D eigenvalue weighted by atomic mass is 10.1. The number of carbonyl (C=O) groups excluding carboxylic acids is 1. The highest BCUT2D eigenvalue weighted by Crippen LogP contribution is 2.31. The van der Waals surface area contributed by atoms with E-state index in [-0.39, 0.29) is 12.5 Å². The number of aromatic nitrogens is 5. The minimum Gasteiger partial charge on any atom is -0.368 e. The van der Waals surface area contributed by atoms with Crippen molar-refractivity contribution in [1.29, 1.82) is 0 Å². The van der Waals surface area contributed by atoms with Crippen LogP contribution in [0.1, 0.15) is 0 Å². The first-order valence-corrected chi connectivity index (χ1v) is 6.77. The fraction of sp³-hybridized carbons (Fsp3) is 0.0667. The zero-order chi connectivity index (χ0) is 15.1. The number of rotatable bonds is 3. The summed E-state index contributed by atoms with van der Waals surface area (Å²) in [7, 11) is 0. The molecule has 0 radical (unpaired) electrons. The first kappa shape index (κ1) is 12.5. The number of primary amides is 1. The molecule has 7 nitrogen and oxygen atoms in total. The summed E-state index contributed by atoms with van der Waals surface area (Å²) in [5, 5.41) is 16.1. The van der Waals surface area contributed by atoms with Gasteiger partial charge in [0, 0.05) is 27.4 Å². The quantitative estimate of drug-likeness (QED) is 0.596. The highest BCUT2D eigenvalue weighted by Gasteiger charge is 2.13. The molecule has 0 unspecified atom stereocenters. The third-order valence-corrected chi connectivity index (χ3v) is 3.69. The number of para-hydroxylation sites is 1. The van der Waals surface area contributed by atoms with Crippen LogP contribution in [0, 0.1) is 0 Å². The molecule has 1 amide bonds. The van der Waals surface area contributed by atoms with Crippen LogP contribution in [0.2, 0.25) is 0 Å². The van der Waals surface area contributed by atoms with Gasteiger partial charge in [-0.25, -0.2) is 0 Å². The summed E-state index contributed by atoms with van der Waals surface area (Å²) in [6.45, 7) is 0.144. The molecule has 2 heterocycles. The van der Waals surface area contributed by atoms with Crippen LogP contribution < -0.4 is 5.73 Å². The number of aromatic amines is 1. The summed E-state index contributed by atoms with van der Waals surface area (Å²) in [4.78, 5) is 11.4. The van der Waals surface area contributed by atoms with Crippen molar-refractivity contribution >= 4 is 27.7 Å². The van der Waals surface area contributed by atoms with Crippen LogP contribution in [-0.4, -0.2) is 31.1 Å². The minimum atomic E-state index is -0.370. The van der Waals surface area contributed by atoms with Gasteiger partial charge in [0.05, 0.1) is 0 Å². The number of hydrogen-bond donors (Lipinski definition) is 2. The van der Waals surface area contributed by atoms with Crippen molar-refractivity contribution < 1.29 is 4.79 Å². The maximum absolute atomic E-state index is 11.4. The lowest BCUT2D eigenvalue weighted by Crippen LogP contribution is -2.18.